The van der Waals surface area contributed by atoms with Gasteiger partial charge in [0.15, 0.2) is 0 Å². The third-order valence-electron chi connectivity index (χ3n) is 3.38. The highest BCUT2D eigenvalue weighted by Crippen LogP contribution is 2.03. The molecule has 1 aromatic heterocycles. The Morgan fingerprint density at radius 3 is 2.95 bits per heavy atom. The molecule has 1 N–H and O–H groups in total. The summed E-state index contributed by atoms with van der Waals surface area (Å²) in [6.07, 6.45) is 8.49. The smallest absolute Gasteiger partial charge is 0.331 e. The van der Waals surface area contributed by atoms with Gasteiger partial charge in [-0.2, -0.15) is 0 Å². The fourth-order valence-electron chi connectivity index (χ4n) is 2.48. The number of hydrogen-bond acceptors (Lipinski definition) is 3. The van der Waals surface area contributed by atoms with Gasteiger partial charge in [-0.15, -0.1) is 0 Å². The minimum Gasteiger partial charge on any atom is -0.465 e. The van der Waals surface area contributed by atoms with Crippen molar-refractivity contribution in [2.45, 2.75) is 32.3 Å². The Balaban J connectivity index is 1.72. The summed E-state index contributed by atoms with van der Waals surface area (Å²) >= 11 is 0. The second kappa shape index (κ2) is 7.14. The Bertz CT molecular complexity index is 405. The maximum Gasteiger partial charge on any atom is 0.331 e. The van der Waals surface area contributed by atoms with Crippen molar-refractivity contribution >= 4 is 12.0 Å². The molecule has 19 heavy (non-hydrogen) atoms. The zero-order valence-corrected chi connectivity index (χ0v) is 11.4. The van der Waals surface area contributed by atoms with Gasteiger partial charge in [0.2, 0.25) is 0 Å². The molecular weight excluding hydrogens is 242 g/mol. The lowest BCUT2D eigenvalue weighted by molar-refractivity contribution is -0.907. The monoisotopic (exact) mass is 264 g/mol. The number of carbonyl (C=O) groups is 1. The highest BCUT2D eigenvalue weighted by atomic mass is 16.5. The molecule has 0 spiro atoms. The summed E-state index contributed by atoms with van der Waals surface area (Å²) < 4.78 is 10.5. The van der Waals surface area contributed by atoms with E-state index in [0.29, 0.717) is 5.76 Å². The summed E-state index contributed by atoms with van der Waals surface area (Å²) in [5, 5.41) is 0. The first-order valence-electron chi connectivity index (χ1n) is 7.00. The van der Waals surface area contributed by atoms with Crippen molar-refractivity contribution in [3.8, 4) is 0 Å². The Labute approximate surface area is 114 Å². The van der Waals surface area contributed by atoms with Crippen molar-refractivity contribution in [2.75, 3.05) is 19.6 Å². The van der Waals surface area contributed by atoms with Crippen LogP contribution in [0.25, 0.3) is 6.08 Å². The third-order valence-corrected chi connectivity index (χ3v) is 3.38. The highest BCUT2D eigenvalue weighted by Gasteiger charge is 2.18. The summed E-state index contributed by atoms with van der Waals surface area (Å²) in [4.78, 5) is 13.2. The first kappa shape index (κ1) is 13.9. The number of esters is 1. The van der Waals surface area contributed by atoms with Gasteiger partial charge in [0.1, 0.15) is 18.4 Å². The van der Waals surface area contributed by atoms with Crippen LogP contribution in [0.5, 0.6) is 0 Å². The van der Waals surface area contributed by atoms with Gasteiger partial charge in [-0.3, -0.25) is 0 Å². The molecule has 1 aromatic rings. The number of nitrogens with one attached hydrogen (secondary N) is 1. The quantitative estimate of drug-likeness (QED) is 0.644. The highest BCUT2D eigenvalue weighted by molar-refractivity contribution is 5.86. The number of rotatable bonds is 5. The van der Waals surface area contributed by atoms with E-state index in [1.165, 1.54) is 38.4 Å². The number of quaternary nitrogens is 1. The maximum atomic E-state index is 11.6. The molecule has 0 saturated carbocycles. The summed E-state index contributed by atoms with van der Waals surface area (Å²) in [5.74, 6) is 0.353. The summed E-state index contributed by atoms with van der Waals surface area (Å²) in [7, 11) is 0. The van der Waals surface area contributed by atoms with E-state index in [0.717, 1.165) is 6.54 Å². The zero-order chi connectivity index (χ0) is 13.5. The van der Waals surface area contributed by atoms with Gasteiger partial charge >= 0.3 is 5.97 Å². The minimum atomic E-state index is -0.305. The van der Waals surface area contributed by atoms with Crippen LogP contribution in [0.15, 0.2) is 28.9 Å². The van der Waals surface area contributed by atoms with Crippen LogP contribution in [-0.2, 0) is 9.53 Å². The Morgan fingerprint density at radius 2 is 2.26 bits per heavy atom. The predicted octanol–water partition coefficient (Wildman–Crippen LogP) is 1.29. The fourth-order valence-corrected chi connectivity index (χ4v) is 2.48. The minimum absolute atomic E-state index is 0.0400. The average Bonchev–Trinajstić information content (AvgIpc) is 2.90. The zero-order valence-electron chi connectivity index (χ0n) is 11.4. The molecule has 4 heteroatoms. The summed E-state index contributed by atoms with van der Waals surface area (Å²) in [5.41, 5.74) is 0. The molecule has 4 nitrogen and oxygen atoms in total. The first-order valence-corrected chi connectivity index (χ1v) is 7.00. The maximum absolute atomic E-state index is 11.6. The van der Waals surface area contributed by atoms with Crippen LogP contribution in [0.4, 0.5) is 0 Å². The molecule has 0 aliphatic carbocycles. The van der Waals surface area contributed by atoms with Crippen molar-refractivity contribution in [3.05, 3.63) is 30.2 Å². The Hall–Kier alpha value is -1.55. The first-order chi connectivity index (χ1) is 9.24. The summed E-state index contributed by atoms with van der Waals surface area (Å²) in [6, 6.07) is 3.58. The van der Waals surface area contributed by atoms with Gasteiger partial charge in [0.05, 0.1) is 19.4 Å². The van der Waals surface area contributed by atoms with E-state index in [1.807, 2.05) is 6.92 Å². The van der Waals surface area contributed by atoms with Crippen molar-refractivity contribution in [3.63, 3.8) is 0 Å². The van der Waals surface area contributed by atoms with Crippen molar-refractivity contribution < 1.29 is 18.8 Å². The molecule has 104 valence electrons. The van der Waals surface area contributed by atoms with E-state index >= 15 is 0 Å². The summed E-state index contributed by atoms with van der Waals surface area (Å²) in [6.45, 7) is 5.26. The lowest BCUT2D eigenvalue weighted by Gasteiger charge is -2.25. The molecule has 0 bridgehead atoms. The van der Waals surface area contributed by atoms with E-state index < -0.39 is 0 Å². The van der Waals surface area contributed by atoms with Crippen molar-refractivity contribution in [2.24, 2.45) is 0 Å². The van der Waals surface area contributed by atoms with Gasteiger partial charge in [-0.1, -0.05) is 0 Å². The predicted molar refractivity (Wildman–Crippen MR) is 72.7 cm³/mol. The van der Waals surface area contributed by atoms with E-state index in [2.05, 4.69) is 0 Å². The molecule has 2 heterocycles. The largest absolute Gasteiger partial charge is 0.465 e. The molecule has 1 atom stereocenters. The number of carbonyl (C=O) groups excluding carboxylic acids is 1. The van der Waals surface area contributed by atoms with Crippen LogP contribution in [0.3, 0.4) is 0 Å². The van der Waals surface area contributed by atoms with Crippen LogP contribution in [0.1, 0.15) is 31.9 Å². The molecule has 0 amide bonds. The Kier molecular flexibility index (Phi) is 5.21. The van der Waals surface area contributed by atoms with Gasteiger partial charge in [-0.25, -0.2) is 4.79 Å². The lowest BCUT2D eigenvalue weighted by atomic mass is 10.1. The molecular formula is C15H22NO3+. The van der Waals surface area contributed by atoms with Crippen LogP contribution in [0.2, 0.25) is 0 Å². The number of hydrogen-bond donors (Lipinski definition) is 1. The van der Waals surface area contributed by atoms with Crippen molar-refractivity contribution in [1.29, 1.82) is 0 Å². The van der Waals surface area contributed by atoms with Crippen LogP contribution >= 0.6 is 0 Å². The van der Waals surface area contributed by atoms with Gasteiger partial charge in [0.25, 0.3) is 0 Å². The molecule has 1 aliphatic rings. The van der Waals surface area contributed by atoms with E-state index in [1.54, 1.807) is 29.4 Å². The number of piperidine rings is 1. The average molecular weight is 264 g/mol. The topological polar surface area (TPSA) is 43.9 Å². The normalized spacial score (nSPS) is 18.6. The number of likely N-dealkylation sites (tertiary alicyclic amines) is 1. The molecule has 1 aliphatic heterocycles. The van der Waals surface area contributed by atoms with E-state index in [4.69, 9.17) is 9.15 Å². The van der Waals surface area contributed by atoms with Gasteiger partial charge < -0.3 is 14.1 Å². The van der Waals surface area contributed by atoms with Gasteiger partial charge in [-0.05, 0) is 44.4 Å². The standard InChI is InChI=1S/C15H21NO3/c1-13(12-16-9-3-2-4-10-16)19-15(17)8-7-14-6-5-11-18-14/h5-8,11,13H,2-4,9-10,12H2,1H3/p+1. The Morgan fingerprint density at radius 1 is 1.47 bits per heavy atom. The SMILES string of the molecule is CC(C[NH+]1CCCCC1)OC(=O)C=Cc1ccco1. The van der Waals surface area contributed by atoms with Gasteiger partial charge in [0, 0.05) is 6.08 Å². The van der Waals surface area contributed by atoms with Crippen LogP contribution in [0, 0.1) is 0 Å². The number of furan rings is 1. The van der Waals surface area contributed by atoms with E-state index in [-0.39, 0.29) is 12.1 Å². The molecule has 1 fully saturated rings. The molecule has 0 aromatic carbocycles. The number of ether oxygens (including phenoxy) is 1. The molecule has 1 saturated heterocycles. The fraction of sp³-hybridized carbons (Fsp3) is 0.533. The molecule has 1 unspecified atom stereocenters. The van der Waals surface area contributed by atoms with Crippen molar-refractivity contribution in [1.82, 2.24) is 0 Å². The lowest BCUT2D eigenvalue weighted by Crippen LogP contribution is -3.13. The third kappa shape index (κ3) is 4.91. The molecule has 0 radical (unpaired) electrons. The van der Waals surface area contributed by atoms with Crippen LogP contribution < -0.4 is 4.90 Å². The second-order valence-corrected chi connectivity index (χ2v) is 5.11. The van der Waals surface area contributed by atoms with E-state index in [9.17, 15) is 4.79 Å². The van der Waals surface area contributed by atoms with Crippen LogP contribution in [-0.4, -0.2) is 31.7 Å². The second-order valence-electron chi connectivity index (χ2n) is 5.11. The molecule has 2 rings (SSSR count).